The zero-order chi connectivity index (χ0) is 19.4. The highest BCUT2D eigenvalue weighted by molar-refractivity contribution is 14.0. The number of aliphatic imine (C=N–C) groups is 1. The number of carbonyl (C=O) groups is 2. The molecule has 1 saturated heterocycles. The molecule has 1 atom stereocenters. The van der Waals surface area contributed by atoms with E-state index < -0.39 is 5.60 Å². The van der Waals surface area contributed by atoms with E-state index >= 15 is 0 Å². The molecule has 8 nitrogen and oxygen atoms in total. The Kier molecular flexibility index (Phi) is 7.50. The Morgan fingerprint density at radius 2 is 1.93 bits per heavy atom. The number of carbonyl (C=O) groups excluding carboxylic acids is 2. The fourth-order valence-corrected chi connectivity index (χ4v) is 3.11. The number of piperazine rings is 1. The Morgan fingerprint density at radius 1 is 1.21 bits per heavy atom. The summed E-state index contributed by atoms with van der Waals surface area (Å²) < 4.78 is 5.45. The first-order chi connectivity index (χ1) is 12.8. The lowest BCUT2D eigenvalue weighted by Gasteiger charge is -2.39. The Hall–Kier alpha value is -2.04. The molecule has 2 heterocycles. The van der Waals surface area contributed by atoms with Gasteiger partial charge in [0.1, 0.15) is 5.60 Å². The van der Waals surface area contributed by atoms with Crippen LogP contribution in [0.4, 0.5) is 10.5 Å². The van der Waals surface area contributed by atoms with E-state index in [9.17, 15) is 9.59 Å². The molecule has 28 heavy (non-hydrogen) atoms. The first-order valence-electron chi connectivity index (χ1n) is 9.19. The summed E-state index contributed by atoms with van der Waals surface area (Å²) in [6.07, 6.45) is -0.286. The SMILES string of the molecule is CC(C)(C)OC(=O)N1CCN2C(NCC(=O)Nc3ccccc3)=NCC2C1.I. The van der Waals surface area contributed by atoms with Gasteiger partial charge in [-0.3, -0.25) is 9.79 Å². The summed E-state index contributed by atoms with van der Waals surface area (Å²) >= 11 is 0. The molecular weight excluding hydrogens is 473 g/mol. The number of amides is 2. The fourth-order valence-electron chi connectivity index (χ4n) is 3.11. The molecule has 3 rings (SSSR count). The lowest BCUT2D eigenvalue weighted by Crippen LogP contribution is -2.58. The van der Waals surface area contributed by atoms with Crippen molar-refractivity contribution >= 4 is 47.6 Å². The van der Waals surface area contributed by atoms with Gasteiger partial charge in [0.25, 0.3) is 0 Å². The number of benzene rings is 1. The summed E-state index contributed by atoms with van der Waals surface area (Å²) in [5, 5.41) is 5.95. The van der Waals surface area contributed by atoms with Crippen LogP contribution in [0.2, 0.25) is 0 Å². The number of nitrogens with zero attached hydrogens (tertiary/aromatic N) is 3. The molecule has 9 heteroatoms. The topological polar surface area (TPSA) is 86.3 Å². The van der Waals surface area contributed by atoms with Gasteiger partial charge in [-0.15, -0.1) is 24.0 Å². The summed E-state index contributed by atoms with van der Waals surface area (Å²) in [6, 6.07) is 9.45. The molecule has 1 aromatic carbocycles. The number of ether oxygens (including phenoxy) is 1. The van der Waals surface area contributed by atoms with E-state index in [0.717, 1.165) is 5.69 Å². The van der Waals surface area contributed by atoms with E-state index in [2.05, 4.69) is 20.5 Å². The molecule has 0 saturated carbocycles. The minimum atomic E-state index is -0.501. The lowest BCUT2D eigenvalue weighted by atomic mass is 10.2. The Balaban J connectivity index is 0.00000280. The highest BCUT2D eigenvalue weighted by Crippen LogP contribution is 2.18. The largest absolute Gasteiger partial charge is 0.444 e. The van der Waals surface area contributed by atoms with Crippen molar-refractivity contribution in [2.24, 2.45) is 4.99 Å². The maximum absolute atomic E-state index is 12.3. The molecule has 0 aliphatic carbocycles. The Bertz CT molecular complexity index is 720. The summed E-state index contributed by atoms with van der Waals surface area (Å²) in [5.41, 5.74) is 0.265. The van der Waals surface area contributed by atoms with Gasteiger partial charge in [-0.05, 0) is 32.9 Å². The predicted octanol–water partition coefficient (Wildman–Crippen LogP) is 2.12. The van der Waals surface area contributed by atoms with Gasteiger partial charge < -0.3 is 25.2 Å². The summed E-state index contributed by atoms with van der Waals surface area (Å²) in [6.45, 7) is 8.14. The van der Waals surface area contributed by atoms with Gasteiger partial charge in [0.2, 0.25) is 5.91 Å². The number of rotatable bonds is 3. The molecule has 2 aliphatic heterocycles. The molecule has 0 aromatic heterocycles. The van der Waals surface area contributed by atoms with Gasteiger partial charge in [0.05, 0.1) is 19.1 Å². The molecule has 1 unspecified atom stereocenters. The first-order valence-corrected chi connectivity index (χ1v) is 9.19. The molecular formula is C19H28IN5O3. The van der Waals surface area contributed by atoms with Gasteiger partial charge in [-0.2, -0.15) is 0 Å². The number of hydrogen-bond acceptors (Lipinski definition) is 6. The van der Waals surface area contributed by atoms with E-state index in [1.807, 2.05) is 51.1 Å². The lowest BCUT2D eigenvalue weighted by molar-refractivity contribution is -0.115. The molecule has 1 fully saturated rings. The van der Waals surface area contributed by atoms with Crippen LogP contribution in [0.5, 0.6) is 0 Å². The molecule has 154 valence electrons. The van der Waals surface area contributed by atoms with Gasteiger partial charge in [0.15, 0.2) is 5.96 Å². The van der Waals surface area contributed by atoms with Crippen LogP contribution in [-0.4, -0.2) is 72.1 Å². The molecule has 0 spiro atoms. The van der Waals surface area contributed by atoms with Crippen LogP contribution < -0.4 is 10.6 Å². The van der Waals surface area contributed by atoms with Crippen molar-refractivity contribution in [3.63, 3.8) is 0 Å². The third-order valence-electron chi connectivity index (χ3n) is 4.32. The van der Waals surface area contributed by atoms with Crippen molar-refractivity contribution in [2.75, 3.05) is 38.0 Å². The maximum atomic E-state index is 12.3. The van der Waals surface area contributed by atoms with Crippen LogP contribution >= 0.6 is 24.0 Å². The molecule has 2 amide bonds. The van der Waals surface area contributed by atoms with Crippen molar-refractivity contribution in [3.05, 3.63) is 30.3 Å². The zero-order valence-electron chi connectivity index (χ0n) is 16.5. The number of hydrogen-bond donors (Lipinski definition) is 2. The molecule has 0 radical (unpaired) electrons. The van der Waals surface area contributed by atoms with Gasteiger partial charge >= 0.3 is 6.09 Å². The highest BCUT2D eigenvalue weighted by Gasteiger charge is 2.36. The first kappa shape index (κ1) is 22.3. The maximum Gasteiger partial charge on any atom is 0.410 e. The summed E-state index contributed by atoms with van der Waals surface area (Å²) in [4.78, 5) is 32.7. The van der Waals surface area contributed by atoms with Crippen LogP contribution in [0.3, 0.4) is 0 Å². The highest BCUT2D eigenvalue weighted by atomic mass is 127. The van der Waals surface area contributed by atoms with Crippen molar-refractivity contribution in [2.45, 2.75) is 32.4 Å². The smallest absolute Gasteiger partial charge is 0.410 e. The molecule has 2 N–H and O–H groups in total. The molecule has 1 aromatic rings. The Morgan fingerprint density at radius 3 is 2.61 bits per heavy atom. The minimum absolute atomic E-state index is 0. The second-order valence-corrected chi connectivity index (χ2v) is 7.71. The third kappa shape index (κ3) is 5.98. The fraction of sp³-hybridized carbons (Fsp3) is 0.526. The average molecular weight is 501 g/mol. The van der Waals surface area contributed by atoms with Crippen LogP contribution in [0.15, 0.2) is 35.3 Å². The second kappa shape index (κ2) is 9.44. The van der Waals surface area contributed by atoms with Crippen LogP contribution in [0.1, 0.15) is 20.8 Å². The van der Waals surface area contributed by atoms with Crippen molar-refractivity contribution in [1.82, 2.24) is 15.1 Å². The summed E-state index contributed by atoms with van der Waals surface area (Å²) in [7, 11) is 0. The number of halogens is 1. The van der Waals surface area contributed by atoms with E-state index in [4.69, 9.17) is 4.74 Å². The minimum Gasteiger partial charge on any atom is -0.444 e. The van der Waals surface area contributed by atoms with E-state index in [1.54, 1.807) is 4.90 Å². The number of anilines is 1. The van der Waals surface area contributed by atoms with Crippen LogP contribution in [0.25, 0.3) is 0 Å². The number of para-hydroxylation sites is 1. The average Bonchev–Trinajstić information content (AvgIpc) is 3.01. The van der Waals surface area contributed by atoms with Crippen LogP contribution in [-0.2, 0) is 9.53 Å². The number of nitrogens with one attached hydrogen (secondary N) is 2. The quantitative estimate of drug-likeness (QED) is 0.620. The van der Waals surface area contributed by atoms with Crippen molar-refractivity contribution < 1.29 is 14.3 Å². The van der Waals surface area contributed by atoms with E-state index in [-0.39, 0.29) is 48.6 Å². The van der Waals surface area contributed by atoms with Gasteiger partial charge in [0, 0.05) is 25.3 Å². The summed E-state index contributed by atoms with van der Waals surface area (Å²) in [5.74, 6) is 0.590. The monoisotopic (exact) mass is 501 g/mol. The standard InChI is InChI=1S/C19H27N5O3.HI/c1-19(2,3)27-18(26)23-9-10-24-15(13-23)11-20-17(24)21-12-16(25)22-14-7-5-4-6-8-14;/h4-8,15H,9-13H2,1-3H3,(H,20,21)(H,22,25);1H. The van der Waals surface area contributed by atoms with Crippen molar-refractivity contribution in [1.29, 1.82) is 0 Å². The normalized spacial score (nSPS) is 18.5. The van der Waals surface area contributed by atoms with Gasteiger partial charge in [-0.1, -0.05) is 18.2 Å². The van der Waals surface area contributed by atoms with E-state index in [0.29, 0.717) is 32.1 Å². The number of guanidine groups is 1. The van der Waals surface area contributed by atoms with E-state index in [1.165, 1.54) is 0 Å². The zero-order valence-corrected chi connectivity index (χ0v) is 18.8. The molecule has 0 bridgehead atoms. The second-order valence-electron chi connectivity index (χ2n) is 7.71. The van der Waals surface area contributed by atoms with Crippen LogP contribution in [0, 0.1) is 0 Å². The number of fused-ring (bicyclic) bond motifs is 1. The Labute approximate surface area is 182 Å². The van der Waals surface area contributed by atoms with Crippen molar-refractivity contribution in [3.8, 4) is 0 Å². The third-order valence-corrected chi connectivity index (χ3v) is 4.32. The van der Waals surface area contributed by atoms with Gasteiger partial charge in [-0.25, -0.2) is 4.79 Å². The molecule has 2 aliphatic rings. The predicted molar refractivity (Wildman–Crippen MR) is 119 cm³/mol.